The first-order valence-electron chi connectivity index (χ1n) is 10.2. The highest BCUT2D eigenvalue weighted by Gasteiger charge is 2.36. The number of rotatable bonds is 8. The van der Waals surface area contributed by atoms with Gasteiger partial charge in [0.25, 0.3) is 11.1 Å². The largest absolute Gasteiger partial charge is 0.394 e. The number of imide groups is 1. The summed E-state index contributed by atoms with van der Waals surface area (Å²) < 4.78 is 0. The van der Waals surface area contributed by atoms with E-state index in [4.69, 9.17) is 0 Å². The lowest BCUT2D eigenvalue weighted by molar-refractivity contribution is -0.129. The minimum Gasteiger partial charge on any atom is -0.394 e. The highest BCUT2D eigenvalue weighted by atomic mass is 32.2. The Hall–Kier alpha value is -2.90. The summed E-state index contributed by atoms with van der Waals surface area (Å²) in [7, 11) is 0. The predicted molar refractivity (Wildman–Crippen MR) is 122 cm³/mol. The molecular weight excluding hydrogens is 412 g/mol. The molecule has 2 N–H and O–H groups in total. The van der Waals surface area contributed by atoms with Crippen LogP contribution in [0.1, 0.15) is 36.5 Å². The van der Waals surface area contributed by atoms with Crippen LogP contribution in [-0.2, 0) is 16.0 Å². The maximum absolute atomic E-state index is 12.7. The van der Waals surface area contributed by atoms with Gasteiger partial charge in [0.2, 0.25) is 5.91 Å². The number of nitrogens with one attached hydrogen (secondary N) is 1. The van der Waals surface area contributed by atoms with E-state index >= 15 is 0 Å². The lowest BCUT2D eigenvalue weighted by Gasteiger charge is -2.18. The molecule has 3 amide bonds. The highest BCUT2D eigenvalue weighted by molar-refractivity contribution is 8.18. The van der Waals surface area contributed by atoms with Crippen LogP contribution in [0.15, 0.2) is 59.5 Å². The van der Waals surface area contributed by atoms with E-state index in [-0.39, 0.29) is 18.1 Å². The van der Waals surface area contributed by atoms with Crippen molar-refractivity contribution in [2.75, 3.05) is 13.2 Å². The Morgan fingerprint density at radius 3 is 2.39 bits per heavy atom. The van der Waals surface area contributed by atoms with Gasteiger partial charge in [-0.3, -0.25) is 19.3 Å². The van der Waals surface area contributed by atoms with Gasteiger partial charge in [0.15, 0.2) is 0 Å². The van der Waals surface area contributed by atoms with Crippen LogP contribution in [0, 0.1) is 0 Å². The third-order valence-corrected chi connectivity index (χ3v) is 5.89. The summed E-state index contributed by atoms with van der Waals surface area (Å²) in [5.74, 6) is -0.564. The molecule has 2 aromatic carbocycles. The maximum atomic E-state index is 12.7. The molecule has 7 heteroatoms. The van der Waals surface area contributed by atoms with Gasteiger partial charge in [0, 0.05) is 0 Å². The standard InChI is InChI=1S/C24H26N2O4S/c1-16(2)19-10-8-18(9-11-19)13-21-23(29)26(24(30)31-21)14-22(28)25-20(15-27)12-17-6-4-3-5-7-17/h3-11,13,16,20,27H,12,14-15H2,1-2H3,(H,25,28)/t20-/m1/s1. The molecule has 1 aliphatic rings. The van der Waals surface area contributed by atoms with Crippen molar-refractivity contribution in [3.05, 3.63) is 76.2 Å². The van der Waals surface area contributed by atoms with E-state index in [0.717, 1.165) is 27.8 Å². The quantitative estimate of drug-likeness (QED) is 0.616. The number of benzene rings is 2. The van der Waals surface area contributed by atoms with Crippen LogP contribution in [-0.4, -0.2) is 46.3 Å². The fourth-order valence-electron chi connectivity index (χ4n) is 3.24. The second kappa shape index (κ2) is 10.4. The number of aliphatic hydroxyl groups is 1. The Kier molecular flexibility index (Phi) is 7.65. The molecule has 1 heterocycles. The molecule has 6 nitrogen and oxygen atoms in total. The fraction of sp³-hybridized carbons (Fsp3) is 0.292. The Morgan fingerprint density at radius 2 is 1.77 bits per heavy atom. The molecule has 31 heavy (non-hydrogen) atoms. The van der Waals surface area contributed by atoms with Crippen LogP contribution in [0.25, 0.3) is 6.08 Å². The van der Waals surface area contributed by atoms with Crippen LogP contribution < -0.4 is 5.32 Å². The van der Waals surface area contributed by atoms with Gasteiger partial charge in [0.05, 0.1) is 17.6 Å². The van der Waals surface area contributed by atoms with Gasteiger partial charge in [-0.2, -0.15) is 0 Å². The number of carbonyl (C=O) groups is 3. The Morgan fingerprint density at radius 1 is 1.10 bits per heavy atom. The Labute approximate surface area is 186 Å². The molecule has 1 saturated heterocycles. The predicted octanol–water partition coefficient (Wildman–Crippen LogP) is 3.57. The van der Waals surface area contributed by atoms with Crippen LogP contribution in [0.5, 0.6) is 0 Å². The summed E-state index contributed by atoms with van der Waals surface area (Å²) in [5, 5.41) is 11.8. The molecule has 0 aromatic heterocycles. The third-order valence-electron chi connectivity index (χ3n) is 4.99. The van der Waals surface area contributed by atoms with Gasteiger partial charge in [-0.15, -0.1) is 0 Å². The second-order valence-electron chi connectivity index (χ2n) is 7.73. The van der Waals surface area contributed by atoms with Gasteiger partial charge in [-0.25, -0.2) is 0 Å². The number of thioether (sulfide) groups is 1. The number of hydrogen-bond acceptors (Lipinski definition) is 5. The Balaban J connectivity index is 1.61. The van der Waals surface area contributed by atoms with Crippen molar-refractivity contribution in [3.63, 3.8) is 0 Å². The van der Waals surface area contributed by atoms with E-state index in [9.17, 15) is 19.5 Å². The monoisotopic (exact) mass is 438 g/mol. The van der Waals surface area contributed by atoms with Crippen molar-refractivity contribution in [1.82, 2.24) is 10.2 Å². The maximum Gasteiger partial charge on any atom is 0.294 e. The SMILES string of the molecule is CC(C)c1ccc(C=C2SC(=O)N(CC(=O)N[C@@H](CO)Cc3ccccc3)C2=O)cc1. The molecule has 0 bridgehead atoms. The van der Waals surface area contributed by atoms with Crippen molar-refractivity contribution in [1.29, 1.82) is 0 Å². The molecule has 2 aromatic rings. The number of aliphatic hydroxyl groups excluding tert-OH is 1. The third kappa shape index (κ3) is 6.06. The van der Waals surface area contributed by atoms with Crippen molar-refractivity contribution in [3.8, 4) is 0 Å². The Bertz CT molecular complexity index is 971. The minimum atomic E-state index is -0.496. The van der Waals surface area contributed by atoms with Crippen LogP contribution in [0.3, 0.4) is 0 Å². The summed E-state index contributed by atoms with van der Waals surface area (Å²) in [6.45, 7) is 3.59. The zero-order valence-electron chi connectivity index (χ0n) is 17.6. The molecule has 0 saturated carbocycles. The summed E-state index contributed by atoms with van der Waals surface area (Å²) >= 11 is 0.826. The first-order valence-corrected chi connectivity index (χ1v) is 11.0. The molecule has 0 radical (unpaired) electrons. The highest BCUT2D eigenvalue weighted by Crippen LogP contribution is 2.32. The summed E-state index contributed by atoms with van der Waals surface area (Å²) in [6.07, 6.45) is 2.12. The average Bonchev–Trinajstić information content (AvgIpc) is 3.01. The summed E-state index contributed by atoms with van der Waals surface area (Å²) in [4.78, 5) is 38.6. The van der Waals surface area contributed by atoms with E-state index in [1.54, 1.807) is 6.08 Å². The summed E-state index contributed by atoms with van der Waals surface area (Å²) in [6, 6.07) is 16.8. The fourth-order valence-corrected chi connectivity index (χ4v) is 4.08. The van der Waals surface area contributed by atoms with E-state index in [1.807, 2.05) is 54.6 Å². The lowest BCUT2D eigenvalue weighted by atomic mass is 10.0. The van der Waals surface area contributed by atoms with Crippen molar-refractivity contribution >= 4 is 34.9 Å². The molecule has 1 atom stereocenters. The molecule has 1 aliphatic heterocycles. The van der Waals surface area contributed by atoms with Crippen LogP contribution in [0.4, 0.5) is 4.79 Å². The van der Waals surface area contributed by atoms with Crippen molar-refractivity contribution in [2.24, 2.45) is 0 Å². The number of amides is 3. The van der Waals surface area contributed by atoms with E-state index in [2.05, 4.69) is 19.2 Å². The van der Waals surface area contributed by atoms with Crippen molar-refractivity contribution in [2.45, 2.75) is 32.2 Å². The van der Waals surface area contributed by atoms with E-state index < -0.39 is 23.1 Å². The van der Waals surface area contributed by atoms with Crippen LogP contribution in [0.2, 0.25) is 0 Å². The van der Waals surface area contributed by atoms with Gasteiger partial charge in [-0.05, 0) is 46.9 Å². The zero-order chi connectivity index (χ0) is 22.4. The van der Waals surface area contributed by atoms with Crippen LogP contribution >= 0.6 is 11.8 Å². The zero-order valence-corrected chi connectivity index (χ0v) is 18.4. The molecule has 3 rings (SSSR count). The molecule has 1 fully saturated rings. The smallest absolute Gasteiger partial charge is 0.294 e. The first-order chi connectivity index (χ1) is 14.9. The molecular formula is C24H26N2O4S. The lowest BCUT2D eigenvalue weighted by Crippen LogP contribution is -2.45. The topological polar surface area (TPSA) is 86.7 Å². The second-order valence-corrected chi connectivity index (χ2v) is 8.72. The van der Waals surface area contributed by atoms with Gasteiger partial charge < -0.3 is 10.4 Å². The molecule has 162 valence electrons. The molecule has 0 spiro atoms. The molecule has 0 unspecified atom stereocenters. The number of hydrogen-bond donors (Lipinski definition) is 2. The van der Waals surface area contributed by atoms with E-state index in [1.165, 1.54) is 5.56 Å². The van der Waals surface area contributed by atoms with Gasteiger partial charge >= 0.3 is 0 Å². The minimum absolute atomic E-state index is 0.241. The average molecular weight is 439 g/mol. The normalized spacial score (nSPS) is 16.3. The van der Waals surface area contributed by atoms with Gasteiger partial charge in [-0.1, -0.05) is 68.4 Å². The van der Waals surface area contributed by atoms with Crippen molar-refractivity contribution < 1.29 is 19.5 Å². The summed E-state index contributed by atoms with van der Waals surface area (Å²) in [5.41, 5.74) is 2.98. The van der Waals surface area contributed by atoms with Gasteiger partial charge in [0.1, 0.15) is 6.54 Å². The number of carbonyl (C=O) groups excluding carboxylic acids is 3. The molecule has 0 aliphatic carbocycles. The number of nitrogens with zero attached hydrogens (tertiary/aromatic N) is 1. The first kappa shape index (κ1) is 22.8. The van der Waals surface area contributed by atoms with E-state index in [0.29, 0.717) is 12.3 Å².